The van der Waals surface area contributed by atoms with Crippen LogP contribution in [0.5, 0.6) is 0 Å². The number of anilines is 1. The third kappa shape index (κ3) is 4.07. The van der Waals surface area contributed by atoms with Crippen molar-refractivity contribution in [3.8, 4) is 0 Å². The van der Waals surface area contributed by atoms with E-state index in [0.29, 0.717) is 35.3 Å². The molecule has 3 heterocycles. The van der Waals surface area contributed by atoms with E-state index >= 15 is 0 Å². The lowest BCUT2D eigenvalue weighted by molar-refractivity contribution is 0.186. The van der Waals surface area contributed by atoms with Gasteiger partial charge in [-0.05, 0) is 12.3 Å². The molecular weight excluding hydrogens is 383 g/mol. The van der Waals surface area contributed by atoms with Crippen LogP contribution >= 0.6 is 11.6 Å². The van der Waals surface area contributed by atoms with E-state index in [1.54, 1.807) is 10.7 Å². The highest BCUT2D eigenvalue weighted by molar-refractivity contribution is 7.88. The third-order valence-electron chi connectivity index (χ3n) is 4.29. The molecule has 0 spiro atoms. The van der Waals surface area contributed by atoms with Gasteiger partial charge in [0.1, 0.15) is 17.5 Å². The molecule has 0 amide bonds. The van der Waals surface area contributed by atoms with Crippen molar-refractivity contribution in [2.45, 2.75) is 38.9 Å². The number of sulfonamides is 1. The maximum Gasteiger partial charge on any atom is 0.241 e. The Morgan fingerprint density at radius 3 is 2.81 bits per heavy atom. The van der Waals surface area contributed by atoms with Crippen molar-refractivity contribution >= 4 is 33.1 Å². The van der Waals surface area contributed by atoms with Gasteiger partial charge in [0.15, 0.2) is 5.15 Å². The van der Waals surface area contributed by atoms with Crippen molar-refractivity contribution in [2.75, 3.05) is 24.7 Å². The normalized spacial score (nSPS) is 22.2. The van der Waals surface area contributed by atoms with Gasteiger partial charge in [-0.3, -0.25) is 0 Å². The summed E-state index contributed by atoms with van der Waals surface area (Å²) in [7, 11) is -3.39. The van der Waals surface area contributed by atoms with Gasteiger partial charge in [-0.25, -0.2) is 27.3 Å². The number of halogens is 2. The van der Waals surface area contributed by atoms with Crippen LogP contribution < -0.4 is 5.32 Å². The second-order valence-electron chi connectivity index (χ2n) is 6.97. The standard InChI is InChI=1S/C15H22ClFN6O2S/c1-9(2)6-13-20-14(16)12-7-18-15(21-23(12)13)19-11-4-5-22(8-10(11)17)26(3,24)25/h7,9-11H,4-6,8H2,1-3H3,(H,19,21)/t10-,11+/m1/s1. The Balaban J connectivity index is 1.79. The molecule has 1 aliphatic heterocycles. The zero-order valence-corrected chi connectivity index (χ0v) is 16.4. The summed E-state index contributed by atoms with van der Waals surface area (Å²) < 4.78 is 40.3. The zero-order valence-electron chi connectivity index (χ0n) is 14.9. The molecular formula is C15H22ClFN6O2S. The maximum absolute atomic E-state index is 14.4. The minimum Gasteiger partial charge on any atom is -0.347 e. The SMILES string of the molecule is CC(C)Cc1nc(Cl)c2cnc(N[C@H]3CCN(S(C)(=O)=O)C[C@H]3F)nn12. The molecule has 26 heavy (non-hydrogen) atoms. The Kier molecular flexibility index (Phi) is 5.36. The van der Waals surface area contributed by atoms with E-state index in [4.69, 9.17) is 11.6 Å². The number of hydrogen-bond acceptors (Lipinski definition) is 6. The molecule has 0 aliphatic carbocycles. The van der Waals surface area contributed by atoms with Crippen molar-refractivity contribution in [1.29, 1.82) is 0 Å². The van der Waals surface area contributed by atoms with Crippen LogP contribution in [0.15, 0.2) is 6.20 Å². The number of imidazole rings is 1. The van der Waals surface area contributed by atoms with Crippen molar-refractivity contribution in [1.82, 2.24) is 23.9 Å². The number of nitrogens with zero attached hydrogens (tertiary/aromatic N) is 5. The van der Waals surface area contributed by atoms with Gasteiger partial charge < -0.3 is 5.32 Å². The molecule has 2 atom stereocenters. The van der Waals surface area contributed by atoms with Crippen LogP contribution in [0.4, 0.5) is 10.3 Å². The van der Waals surface area contributed by atoms with E-state index in [2.05, 4.69) is 34.2 Å². The van der Waals surface area contributed by atoms with Crippen LogP contribution in [-0.2, 0) is 16.4 Å². The average molecular weight is 405 g/mol. The van der Waals surface area contributed by atoms with Gasteiger partial charge in [0.25, 0.3) is 0 Å². The van der Waals surface area contributed by atoms with Gasteiger partial charge >= 0.3 is 0 Å². The van der Waals surface area contributed by atoms with E-state index in [9.17, 15) is 12.8 Å². The second kappa shape index (κ2) is 7.24. The Labute approximate surface area is 156 Å². The first-order valence-electron chi connectivity index (χ1n) is 8.41. The highest BCUT2D eigenvalue weighted by Gasteiger charge is 2.33. The number of nitrogens with one attached hydrogen (secondary N) is 1. The quantitative estimate of drug-likeness (QED) is 0.816. The predicted molar refractivity (Wildman–Crippen MR) is 97.7 cm³/mol. The summed E-state index contributed by atoms with van der Waals surface area (Å²) in [5.41, 5.74) is 0.594. The smallest absolute Gasteiger partial charge is 0.241 e. The summed E-state index contributed by atoms with van der Waals surface area (Å²) in [6.45, 7) is 4.22. The Morgan fingerprint density at radius 2 is 2.19 bits per heavy atom. The van der Waals surface area contributed by atoms with E-state index < -0.39 is 22.2 Å². The molecule has 8 nitrogen and oxygen atoms in total. The molecule has 0 aromatic carbocycles. The highest BCUT2D eigenvalue weighted by Crippen LogP contribution is 2.22. The Hall–Kier alpha value is -1.52. The number of hydrogen-bond donors (Lipinski definition) is 1. The van der Waals surface area contributed by atoms with Crippen molar-refractivity contribution in [3.05, 3.63) is 17.2 Å². The van der Waals surface area contributed by atoms with Gasteiger partial charge in [-0.1, -0.05) is 25.4 Å². The lowest BCUT2D eigenvalue weighted by atomic mass is 10.1. The van der Waals surface area contributed by atoms with Crippen LogP contribution in [0.3, 0.4) is 0 Å². The zero-order chi connectivity index (χ0) is 19.1. The molecule has 1 aliphatic rings. The van der Waals surface area contributed by atoms with Crippen LogP contribution in [0.1, 0.15) is 26.1 Å². The van der Waals surface area contributed by atoms with Gasteiger partial charge in [0, 0.05) is 19.5 Å². The molecule has 144 valence electrons. The number of aromatic nitrogens is 4. The fourth-order valence-corrected chi connectivity index (χ4v) is 4.05. The lowest BCUT2D eigenvalue weighted by Gasteiger charge is -2.33. The monoisotopic (exact) mass is 404 g/mol. The maximum atomic E-state index is 14.4. The van der Waals surface area contributed by atoms with Gasteiger partial charge in [-0.15, -0.1) is 5.10 Å². The van der Waals surface area contributed by atoms with Crippen molar-refractivity contribution < 1.29 is 12.8 Å². The summed E-state index contributed by atoms with van der Waals surface area (Å²) in [5, 5.41) is 7.70. The third-order valence-corrected chi connectivity index (χ3v) is 5.84. The average Bonchev–Trinajstić information content (AvgIpc) is 2.83. The van der Waals surface area contributed by atoms with E-state index in [1.807, 2.05) is 0 Å². The summed E-state index contributed by atoms with van der Waals surface area (Å²) in [6, 6.07) is -0.557. The summed E-state index contributed by atoms with van der Waals surface area (Å²) in [5.74, 6) is 1.35. The molecule has 1 fully saturated rings. The predicted octanol–water partition coefficient (Wildman–Crippen LogP) is 1.76. The van der Waals surface area contributed by atoms with E-state index in [-0.39, 0.29) is 19.0 Å². The topological polar surface area (TPSA) is 92.5 Å². The molecule has 3 rings (SSSR count). The van der Waals surface area contributed by atoms with Crippen molar-refractivity contribution in [2.24, 2.45) is 5.92 Å². The van der Waals surface area contributed by atoms with Crippen LogP contribution in [0, 0.1) is 5.92 Å². The molecule has 2 aromatic rings. The minimum absolute atomic E-state index is 0.172. The summed E-state index contributed by atoms with van der Waals surface area (Å²) >= 11 is 6.13. The molecule has 11 heteroatoms. The first kappa shape index (κ1) is 19.2. The molecule has 0 saturated carbocycles. The number of piperidine rings is 1. The minimum atomic E-state index is -3.39. The van der Waals surface area contributed by atoms with Gasteiger partial charge in [-0.2, -0.15) is 4.31 Å². The Morgan fingerprint density at radius 1 is 1.46 bits per heavy atom. The first-order chi connectivity index (χ1) is 12.1. The van der Waals surface area contributed by atoms with E-state index in [1.165, 1.54) is 0 Å². The lowest BCUT2D eigenvalue weighted by Crippen LogP contribution is -2.49. The molecule has 0 bridgehead atoms. The van der Waals surface area contributed by atoms with Crippen LogP contribution in [0.25, 0.3) is 5.52 Å². The van der Waals surface area contributed by atoms with Crippen LogP contribution in [-0.4, -0.2) is 63.9 Å². The number of fused-ring (bicyclic) bond motifs is 1. The van der Waals surface area contributed by atoms with E-state index in [0.717, 1.165) is 10.6 Å². The second-order valence-corrected chi connectivity index (χ2v) is 9.31. The molecule has 2 aromatic heterocycles. The summed E-state index contributed by atoms with van der Waals surface area (Å²) in [6.07, 6.45) is 2.32. The fraction of sp³-hybridized carbons (Fsp3) is 0.667. The van der Waals surface area contributed by atoms with Crippen molar-refractivity contribution in [3.63, 3.8) is 0 Å². The number of alkyl halides is 1. The van der Waals surface area contributed by atoms with Gasteiger partial charge in [0.2, 0.25) is 16.0 Å². The molecule has 0 radical (unpaired) electrons. The highest BCUT2D eigenvalue weighted by atomic mass is 35.5. The van der Waals surface area contributed by atoms with Crippen LogP contribution in [0.2, 0.25) is 5.15 Å². The largest absolute Gasteiger partial charge is 0.347 e. The van der Waals surface area contributed by atoms with Gasteiger partial charge in [0.05, 0.1) is 18.5 Å². The molecule has 1 saturated heterocycles. The number of rotatable bonds is 5. The first-order valence-corrected chi connectivity index (χ1v) is 10.6. The summed E-state index contributed by atoms with van der Waals surface area (Å²) in [4.78, 5) is 8.51. The molecule has 1 N–H and O–H groups in total. The Bertz CT molecular complexity index is 903. The molecule has 0 unspecified atom stereocenters. The fourth-order valence-electron chi connectivity index (χ4n) is 2.98.